The number of nitrogens with two attached hydrogens (primary N) is 2. The molecule has 7 heterocycles. The van der Waals surface area contributed by atoms with Gasteiger partial charge in [0.25, 0.3) is 7.47 Å². The van der Waals surface area contributed by atoms with Gasteiger partial charge >= 0.3 is 6.80 Å². The summed E-state index contributed by atoms with van der Waals surface area (Å²) >= 11 is 0.734. The number of hydrogen-bond donors (Lipinski definition) is 2. The van der Waals surface area contributed by atoms with Crippen LogP contribution in [0.15, 0.2) is 54.7 Å². The SMILES string of the molecule is [B][P@]1(=O)OC[C@H]2O[C@@H](n3cnc4c(N)ncnc43)[C@H](F)C2O[P@](=O)(SCc2ccc(COCCOCCOCCN=[N+]=[N-])cc2)OC[C@H]2O[C@@H](n3cnc4c(N)ncnc43)[C@H](F)[C@@H]2O1. The molecular weight excluding hydrogens is 909 g/mol. The van der Waals surface area contributed by atoms with Crippen LogP contribution < -0.4 is 11.5 Å². The molecule has 2 radical (unpaired) electrons. The Bertz CT molecular complexity index is 2550. The van der Waals surface area contributed by atoms with E-state index < -0.39 is 76.7 Å². The molecular formula is C34H40BF2N13O11P2S. The number of aromatic nitrogens is 8. The molecule has 0 amide bonds. The molecule has 0 aliphatic carbocycles. The summed E-state index contributed by atoms with van der Waals surface area (Å²) in [4.78, 5) is 27.1. The molecule has 10 atom stereocenters. The van der Waals surface area contributed by atoms with Crippen LogP contribution in [0, 0.1) is 0 Å². The molecule has 3 fully saturated rings. The number of anilines is 2. The maximum Gasteiger partial charge on any atom is 0.389 e. The molecule has 340 valence electrons. The van der Waals surface area contributed by atoms with E-state index in [1.807, 2.05) is 12.1 Å². The third-order valence-corrected chi connectivity index (χ3v) is 14.7. The minimum absolute atomic E-state index is 0.0299. The van der Waals surface area contributed by atoms with Crippen molar-refractivity contribution in [2.75, 3.05) is 64.3 Å². The summed E-state index contributed by atoms with van der Waals surface area (Å²) in [7, 11) is 1.33. The number of nitrogen functional groups attached to an aromatic ring is 2. The van der Waals surface area contributed by atoms with Crippen LogP contribution in [0.3, 0.4) is 0 Å². The molecule has 24 nitrogen and oxygen atoms in total. The zero-order valence-corrected chi connectivity index (χ0v) is 36.1. The van der Waals surface area contributed by atoms with E-state index in [0.29, 0.717) is 38.6 Å². The van der Waals surface area contributed by atoms with Gasteiger partial charge in [0, 0.05) is 17.2 Å². The van der Waals surface area contributed by atoms with Gasteiger partial charge in [-0.1, -0.05) is 29.4 Å². The Morgan fingerprint density at radius 3 is 1.91 bits per heavy atom. The number of azide groups is 1. The second kappa shape index (κ2) is 20.4. The third kappa shape index (κ3) is 10.5. The van der Waals surface area contributed by atoms with E-state index in [4.69, 9.17) is 66.3 Å². The minimum atomic E-state index is -4.67. The number of hydrogen-bond acceptors (Lipinski definition) is 21. The van der Waals surface area contributed by atoms with Gasteiger partial charge in [-0.05, 0) is 28.0 Å². The van der Waals surface area contributed by atoms with Crippen molar-refractivity contribution in [3.05, 3.63) is 71.1 Å². The fourth-order valence-corrected chi connectivity index (χ4v) is 11.3. The van der Waals surface area contributed by atoms with Crippen molar-refractivity contribution in [1.29, 1.82) is 0 Å². The van der Waals surface area contributed by atoms with Gasteiger partial charge in [-0.2, -0.15) is 0 Å². The highest BCUT2D eigenvalue weighted by atomic mass is 32.7. The highest BCUT2D eigenvalue weighted by molar-refractivity contribution is 8.54. The lowest BCUT2D eigenvalue weighted by Crippen LogP contribution is -2.37. The Morgan fingerprint density at radius 1 is 0.781 bits per heavy atom. The molecule has 0 bridgehead atoms. The van der Waals surface area contributed by atoms with Gasteiger partial charge in [-0.3, -0.25) is 22.7 Å². The summed E-state index contributed by atoms with van der Waals surface area (Å²) in [5.74, 6) is 0.0973. The Labute approximate surface area is 367 Å². The molecule has 0 saturated carbocycles. The molecule has 1 aromatic carbocycles. The van der Waals surface area contributed by atoms with Crippen LogP contribution in [-0.4, -0.2) is 136 Å². The van der Waals surface area contributed by atoms with Gasteiger partial charge in [-0.25, -0.2) is 43.2 Å². The van der Waals surface area contributed by atoms with E-state index in [0.717, 1.165) is 29.6 Å². The monoisotopic (exact) mass is 949 g/mol. The molecule has 64 heavy (non-hydrogen) atoms. The first-order valence-corrected chi connectivity index (χ1v) is 24.2. The predicted octanol–water partition coefficient (Wildman–Crippen LogP) is 4.30. The summed E-state index contributed by atoms with van der Waals surface area (Å²) in [6, 6.07) is 7.20. The fraction of sp³-hybridized carbons (Fsp3) is 0.529. The van der Waals surface area contributed by atoms with Crippen molar-refractivity contribution in [3.8, 4) is 0 Å². The third-order valence-electron chi connectivity index (χ3n) is 10.0. The lowest BCUT2D eigenvalue weighted by molar-refractivity contribution is -0.0546. The molecule has 4 N–H and O–H groups in total. The predicted molar refractivity (Wildman–Crippen MR) is 223 cm³/mol. The zero-order valence-electron chi connectivity index (χ0n) is 33.5. The summed E-state index contributed by atoms with van der Waals surface area (Å²) in [5, 5.41) is 3.39. The first-order valence-electron chi connectivity index (χ1n) is 19.5. The van der Waals surface area contributed by atoms with Gasteiger partial charge in [0.05, 0.1) is 65.5 Å². The maximum atomic E-state index is 16.8. The van der Waals surface area contributed by atoms with E-state index in [1.54, 1.807) is 12.1 Å². The van der Waals surface area contributed by atoms with Gasteiger partial charge < -0.3 is 44.2 Å². The van der Waals surface area contributed by atoms with Crippen molar-refractivity contribution in [1.82, 2.24) is 39.0 Å². The highest BCUT2D eigenvalue weighted by Crippen LogP contribution is 2.65. The number of nitrogens with zero attached hydrogens (tertiary/aromatic N) is 11. The molecule has 4 aromatic heterocycles. The summed E-state index contributed by atoms with van der Waals surface area (Å²) < 4.78 is 116. The second-order valence-electron chi connectivity index (χ2n) is 14.2. The average molecular weight is 950 g/mol. The van der Waals surface area contributed by atoms with E-state index in [9.17, 15) is 9.13 Å². The smallest absolute Gasteiger partial charge is 0.382 e. The molecule has 30 heteroatoms. The normalized spacial score (nSPS) is 29.8. The van der Waals surface area contributed by atoms with Crippen LogP contribution in [0.25, 0.3) is 32.8 Å². The molecule has 1 unspecified atom stereocenters. The first kappa shape index (κ1) is 46.1. The van der Waals surface area contributed by atoms with Crippen molar-refractivity contribution >= 4 is 67.2 Å². The second-order valence-corrected chi connectivity index (χ2v) is 19.8. The van der Waals surface area contributed by atoms with Crippen molar-refractivity contribution in [3.63, 3.8) is 0 Å². The molecule has 3 aliphatic heterocycles. The average Bonchev–Trinajstić information content (AvgIpc) is 4.05. The standard InChI is InChI=1S/C34H40BF2N13O11P2S/c35-62(51)56-12-21-28(24(37)34(58-21)50-18-46-26-30(39)42-16-44-32(26)50)61-63(52,64-14-20-3-1-19(2-4-20)11-55-10-9-54-8-7-53-6-5-47-48-40)57-13-22-27(60-62)23(36)33(59-22)49-17-45-25-29(38)41-15-43-31(25)49/h1-4,15-18,21-24,27-28,33-34H,5-14H2,(H2,38,41,43)(H2,39,42,44)/t21-,22-,23-,24-,27-,28?,33-,34-,62+,63-/m1/s1. The highest BCUT2D eigenvalue weighted by Gasteiger charge is 2.54. The van der Waals surface area contributed by atoms with E-state index in [-0.39, 0.29) is 52.9 Å². The quantitative estimate of drug-likeness (QED) is 0.0348. The fourth-order valence-electron chi connectivity index (χ4n) is 6.92. The number of benzene rings is 1. The largest absolute Gasteiger partial charge is 0.389 e. The van der Waals surface area contributed by atoms with Crippen molar-refractivity contribution < 1.29 is 59.7 Å². The summed E-state index contributed by atoms with van der Waals surface area (Å²) in [6.45, 7) is -3.68. The van der Waals surface area contributed by atoms with Crippen LogP contribution in [-0.2, 0) is 63.3 Å². The van der Waals surface area contributed by atoms with Crippen LogP contribution in [0.1, 0.15) is 23.6 Å². The van der Waals surface area contributed by atoms with Gasteiger partial charge in [0.1, 0.15) is 48.1 Å². The molecule has 8 rings (SSSR count). The summed E-state index contributed by atoms with van der Waals surface area (Å²) in [6.07, 6.45) is -8.70. The lowest BCUT2D eigenvalue weighted by atomic mass is 10.1. The Hall–Kier alpha value is -4.40. The lowest BCUT2D eigenvalue weighted by Gasteiger charge is -2.30. The number of halogens is 2. The van der Waals surface area contributed by atoms with Crippen LogP contribution >= 0.6 is 25.7 Å². The number of ether oxygens (including phenoxy) is 5. The number of imidazole rings is 2. The Morgan fingerprint density at radius 2 is 1.31 bits per heavy atom. The number of fused-ring (bicyclic) bond motifs is 4. The Balaban J connectivity index is 0.984. The molecule has 3 saturated heterocycles. The maximum absolute atomic E-state index is 16.8. The van der Waals surface area contributed by atoms with Gasteiger partial charge in [0.2, 0.25) is 7.57 Å². The number of alkyl halides is 2. The Kier molecular flexibility index (Phi) is 14.7. The van der Waals surface area contributed by atoms with Crippen LogP contribution in [0.5, 0.6) is 0 Å². The van der Waals surface area contributed by atoms with Gasteiger partial charge in [0.15, 0.2) is 47.7 Å². The first-order chi connectivity index (χ1) is 30.9. The summed E-state index contributed by atoms with van der Waals surface area (Å²) in [5.41, 5.74) is 22.3. The minimum Gasteiger partial charge on any atom is -0.382 e. The van der Waals surface area contributed by atoms with Crippen molar-refractivity contribution in [2.24, 2.45) is 5.11 Å². The van der Waals surface area contributed by atoms with E-state index in [2.05, 4.69) is 39.9 Å². The molecule has 0 spiro atoms. The van der Waals surface area contributed by atoms with Crippen LogP contribution in [0.2, 0.25) is 0 Å². The topological polar surface area (TPSA) is 305 Å². The number of rotatable bonds is 16. The van der Waals surface area contributed by atoms with Crippen LogP contribution in [0.4, 0.5) is 20.4 Å². The van der Waals surface area contributed by atoms with E-state index in [1.165, 1.54) is 21.8 Å². The van der Waals surface area contributed by atoms with Crippen molar-refractivity contribution in [2.45, 2.75) is 61.6 Å². The molecule has 5 aromatic rings. The zero-order chi connectivity index (χ0) is 44.8. The molecule has 3 aliphatic rings. The van der Waals surface area contributed by atoms with E-state index >= 15 is 8.78 Å². The van der Waals surface area contributed by atoms with Gasteiger partial charge in [-0.15, -0.1) is 0 Å².